The first-order valence-corrected chi connectivity index (χ1v) is 11.6. The van der Waals surface area contributed by atoms with E-state index in [9.17, 15) is 9.59 Å². The minimum atomic E-state index is -0.930. The molecule has 37 heavy (non-hydrogen) atoms. The van der Waals surface area contributed by atoms with Crippen LogP contribution < -0.4 is 10.9 Å². The average Bonchev–Trinajstić information content (AvgIpc) is 2.97. The van der Waals surface area contributed by atoms with Gasteiger partial charge in [-0.15, -0.1) is 0 Å². The van der Waals surface area contributed by atoms with Gasteiger partial charge in [0.2, 0.25) is 0 Å². The molecule has 4 heterocycles. The summed E-state index contributed by atoms with van der Waals surface area (Å²) in [6, 6.07) is 21.6. The summed E-state index contributed by atoms with van der Waals surface area (Å²) in [5.74, 6) is -0.726. The minimum absolute atomic E-state index is 0.363. The fourth-order valence-electron chi connectivity index (χ4n) is 4.30. The molecule has 0 spiro atoms. The van der Waals surface area contributed by atoms with E-state index in [1.54, 1.807) is 61.5 Å². The molecule has 2 amide bonds. The smallest absolute Gasteiger partial charge is 0.452 e. The number of fused-ring (bicyclic) bond motifs is 2. The van der Waals surface area contributed by atoms with Crippen molar-refractivity contribution in [3.8, 4) is 0 Å². The predicted octanol–water partition coefficient (Wildman–Crippen LogP) is 1.56. The van der Waals surface area contributed by atoms with Crippen molar-refractivity contribution in [3.05, 3.63) is 120 Å². The van der Waals surface area contributed by atoms with Crippen LogP contribution in [0.3, 0.4) is 0 Å². The molecular formula is C26H18B2N6O3. The molecule has 2 aliphatic heterocycles. The Morgan fingerprint density at radius 1 is 0.595 bits per heavy atom. The number of benzene rings is 2. The van der Waals surface area contributed by atoms with E-state index in [2.05, 4.69) is 20.2 Å². The Bertz CT molecular complexity index is 1420. The molecule has 4 aromatic rings. The zero-order chi connectivity index (χ0) is 25.2. The van der Waals surface area contributed by atoms with Gasteiger partial charge in [0.25, 0.3) is 11.8 Å². The number of pyridine rings is 2. The number of rotatable bonds is 4. The lowest BCUT2D eigenvalue weighted by Gasteiger charge is -2.34. The minimum Gasteiger partial charge on any atom is -0.452 e. The van der Waals surface area contributed by atoms with Crippen molar-refractivity contribution in [1.82, 2.24) is 19.8 Å². The number of nitrogens with zero attached hydrogens (tertiary/aromatic N) is 6. The van der Waals surface area contributed by atoms with Crippen LogP contribution in [0.4, 0.5) is 0 Å². The van der Waals surface area contributed by atoms with Gasteiger partial charge in [0.15, 0.2) is 0 Å². The van der Waals surface area contributed by atoms with Gasteiger partial charge >= 0.3 is 14.1 Å². The van der Waals surface area contributed by atoms with E-state index in [1.807, 2.05) is 48.5 Å². The largest absolute Gasteiger partial charge is 0.464 e. The second-order valence-corrected chi connectivity index (χ2v) is 8.36. The monoisotopic (exact) mass is 484 g/mol. The number of hydrazone groups is 2. The van der Waals surface area contributed by atoms with Crippen molar-refractivity contribution in [1.29, 1.82) is 0 Å². The molecule has 11 heteroatoms. The molecule has 0 bridgehead atoms. The van der Waals surface area contributed by atoms with Crippen LogP contribution in [-0.4, -0.2) is 58.2 Å². The summed E-state index contributed by atoms with van der Waals surface area (Å²) >= 11 is 0. The van der Waals surface area contributed by atoms with Gasteiger partial charge in [-0.05, 0) is 46.3 Å². The van der Waals surface area contributed by atoms with Crippen molar-refractivity contribution >= 4 is 49.3 Å². The molecule has 2 aromatic heterocycles. The van der Waals surface area contributed by atoms with Crippen molar-refractivity contribution in [3.63, 3.8) is 0 Å². The van der Waals surface area contributed by atoms with E-state index in [4.69, 9.17) is 4.57 Å². The molecule has 0 saturated heterocycles. The first kappa shape index (κ1) is 22.6. The molecule has 6 rings (SSSR count). The maximum atomic E-state index is 13.5. The third-order valence-corrected chi connectivity index (χ3v) is 6.14. The van der Waals surface area contributed by atoms with Crippen molar-refractivity contribution in [2.24, 2.45) is 10.2 Å². The molecule has 0 unspecified atom stereocenters. The summed E-state index contributed by atoms with van der Waals surface area (Å²) in [7, 11) is -1.86. The van der Waals surface area contributed by atoms with Crippen LogP contribution >= 0.6 is 0 Å². The second-order valence-electron chi connectivity index (χ2n) is 8.36. The van der Waals surface area contributed by atoms with Crippen LogP contribution in [0, 0.1) is 0 Å². The number of aromatic nitrogens is 2. The highest BCUT2D eigenvalue weighted by Crippen LogP contribution is 2.18. The fourth-order valence-corrected chi connectivity index (χ4v) is 4.30. The molecule has 0 saturated carbocycles. The third kappa shape index (κ3) is 4.21. The molecule has 0 fully saturated rings. The van der Waals surface area contributed by atoms with E-state index < -0.39 is 14.1 Å². The molecule has 0 radical (unpaired) electrons. The average molecular weight is 484 g/mol. The molecule has 2 aromatic carbocycles. The maximum absolute atomic E-state index is 13.5. The zero-order valence-electron chi connectivity index (χ0n) is 19.5. The lowest BCUT2D eigenvalue weighted by atomic mass is 9.61. The van der Waals surface area contributed by atoms with Crippen molar-refractivity contribution in [2.45, 2.75) is 0 Å². The van der Waals surface area contributed by atoms with Crippen LogP contribution in [0.15, 0.2) is 108 Å². The highest BCUT2D eigenvalue weighted by Gasteiger charge is 2.45. The van der Waals surface area contributed by atoms with Crippen molar-refractivity contribution in [2.75, 3.05) is 0 Å². The van der Waals surface area contributed by atoms with Gasteiger partial charge in [0.1, 0.15) is 0 Å². The molecule has 0 atom stereocenters. The van der Waals surface area contributed by atoms with Gasteiger partial charge in [-0.3, -0.25) is 19.6 Å². The SMILES string of the molecule is O=C(c1ccncc1)N1N=Cc2ccccc2B1OB1c2ccccc2C=NN1C(=O)c1ccncc1. The number of amides is 2. The first-order chi connectivity index (χ1) is 18.2. The molecule has 9 nitrogen and oxygen atoms in total. The van der Waals surface area contributed by atoms with Gasteiger partial charge in [0, 0.05) is 35.9 Å². The summed E-state index contributed by atoms with van der Waals surface area (Å²) in [6.45, 7) is 0. The number of carbonyl (C=O) groups is 2. The van der Waals surface area contributed by atoms with Gasteiger partial charge < -0.3 is 4.57 Å². The highest BCUT2D eigenvalue weighted by molar-refractivity contribution is 6.81. The predicted molar refractivity (Wildman–Crippen MR) is 141 cm³/mol. The Morgan fingerprint density at radius 2 is 1.00 bits per heavy atom. The lowest BCUT2D eigenvalue weighted by molar-refractivity contribution is 0.0838. The Kier molecular flexibility index (Phi) is 5.88. The van der Waals surface area contributed by atoms with E-state index in [-0.39, 0.29) is 11.8 Å². The Balaban J connectivity index is 1.43. The summed E-state index contributed by atoms with van der Waals surface area (Å²) in [6.07, 6.45) is 9.44. The van der Waals surface area contributed by atoms with E-state index in [1.165, 1.54) is 9.84 Å². The van der Waals surface area contributed by atoms with E-state index in [0.29, 0.717) is 11.1 Å². The normalized spacial score (nSPS) is 13.8. The molecule has 2 aliphatic rings. The van der Waals surface area contributed by atoms with Gasteiger partial charge in [-0.2, -0.15) is 10.2 Å². The van der Waals surface area contributed by atoms with Crippen LogP contribution in [0.1, 0.15) is 31.8 Å². The standard InChI is InChI=1S/C26H18B2N6O3/c35-25(19-9-13-29-14-10-19)33-27(23-7-3-1-5-21(23)17-31-33)37-28-24-8-4-2-6-22(24)18-32-34(28)26(36)20-11-15-30-16-12-20/h1-18H. The third-order valence-electron chi connectivity index (χ3n) is 6.14. The summed E-state index contributed by atoms with van der Waals surface area (Å²) in [5, 5.41) is 8.88. The summed E-state index contributed by atoms with van der Waals surface area (Å²) in [5.41, 5.74) is 3.92. The first-order valence-electron chi connectivity index (χ1n) is 11.6. The van der Waals surface area contributed by atoms with Gasteiger partial charge in [-0.1, -0.05) is 48.5 Å². The van der Waals surface area contributed by atoms with Crippen molar-refractivity contribution < 1.29 is 14.2 Å². The maximum Gasteiger partial charge on any atom is 0.464 e. The fraction of sp³-hybridized carbons (Fsp3) is 0. The summed E-state index contributed by atoms with van der Waals surface area (Å²) in [4.78, 5) is 37.6. The number of carbonyl (C=O) groups excluding carboxylic acids is 2. The van der Waals surface area contributed by atoms with E-state index >= 15 is 0 Å². The number of hydrogen-bond acceptors (Lipinski definition) is 7. The van der Waals surface area contributed by atoms with Gasteiger partial charge in [-0.25, -0.2) is 9.84 Å². The molecule has 0 aliphatic carbocycles. The Labute approximate surface area is 213 Å². The lowest BCUT2D eigenvalue weighted by Crippen LogP contribution is -2.63. The van der Waals surface area contributed by atoms with Crippen LogP contribution in [0.5, 0.6) is 0 Å². The topological polar surface area (TPSA) is 100 Å². The molecule has 176 valence electrons. The van der Waals surface area contributed by atoms with E-state index in [0.717, 1.165) is 22.1 Å². The van der Waals surface area contributed by atoms with Crippen LogP contribution in [0.2, 0.25) is 0 Å². The molecule has 0 N–H and O–H groups in total. The van der Waals surface area contributed by atoms with Gasteiger partial charge in [0.05, 0.1) is 12.4 Å². The highest BCUT2D eigenvalue weighted by atomic mass is 16.4. The quantitative estimate of drug-likeness (QED) is 0.410. The van der Waals surface area contributed by atoms with Crippen LogP contribution in [0.25, 0.3) is 0 Å². The Hall–Kier alpha value is -4.89. The Morgan fingerprint density at radius 3 is 1.43 bits per heavy atom. The number of hydrogen-bond donors (Lipinski definition) is 0. The molecular weight excluding hydrogens is 466 g/mol. The summed E-state index contributed by atoms with van der Waals surface area (Å²) < 4.78 is 6.65. The second kappa shape index (κ2) is 9.63. The zero-order valence-corrected chi connectivity index (χ0v) is 19.5. The van der Waals surface area contributed by atoms with Crippen LogP contribution in [-0.2, 0) is 4.57 Å².